The molecule has 0 aliphatic carbocycles. The summed E-state index contributed by atoms with van der Waals surface area (Å²) >= 11 is 0. The number of benzene rings is 1. The topological polar surface area (TPSA) is 57.7 Å². The fourth-order valence-corrected chi connectivity index (χ4v) is 3.47. The molecule has 0 unspecified atom stereocenters. The summed E-state index contributed by atoms with van der Waals surface area (Å²) in [6.45, 7) is 5.06. The number of nitrogens with one attached hydrogen (secondary N) is 1. The van der Waals surface area contributed by atoms with Crippen molar-refractivity contribution in [2.75, 3.05) is 31.6 Å². The minimum atomic E-state index is -0.523. The lowest BCUT2D eigenvalue weighted by Gasteiger charge is -2.41. The molecule has 1 aromatic carbocycles. The molecule has 0 radical (unpaired) electrons. The van der Waals surface area contributed by atoms with Gasteiger partial charge in [-0.15, -0.1) is 0 Å². The summed E-state index contributed by atoms with van der Waals surface area (Å²) in [5.41, 5.74) is 0.839. The van der Waals surface area contributed by atoms with Crippen molar-refractivity contribution in [2.24, 2.45) is 0 Å². The van der Waals surface area contributed by atoms with Gasteiger partial charge in [-0.3, -0.25) is 4.98 Å². The first-order valence-electron chi connectivity index (χ1n) is 9.16. The van der Waals surface area contributed by atoms with Crippen LogP contribution in [-0.2, 0) is 0 Å². The molecule has 2 aromatic rings. The van der Waals surface area contributed by atoms with Crippen molar-refractivity contribution >= 4 is 11.7 Å². The molecule has 150 valence electrons. The maximum atomic E-state index is 14.4. The highest BCUT2D eigenvalue weighted by molar-refractivity contribution is 5.75. The summed E-state index contributed by atoms with van der Waals surface area (Å²) < 4.78 is 33.4. The second kappa shape index (κ2) is 8.41. The molecule has 1 fully saturated rings. The largest absolute Gasteiger partial charge is 0.494 e. The molecule has 0 saturated carbocycles. The normalized spacial score (nSPS) is 18.0. The van der Waals surface area contributed by atoms with Crippen LogP contribution in [0.4, 0.5) is 19.3 Å². The standard InChI is InChI=1S/C20H24F2N4O2/c1-13-12-25(17-7-8-23-11-16(17)21)9-10-26(13)20(27)24-14(2)15-5-4-6-18(28-3)19(15)22/h4-8,11,13-14H,9-10,12H2,1-3H3,(H,24,27)/t13-,14-/m1/s1. The van der Waals surface area contributed by atoms with Crippen LogP contribution >= 0.6 is 0 Å². The second-order valence-electron chi connectivity index (χ2n) is 6.85. The van der Waals surface area contributed by atoms with Crippen molar-refractivity contribution in [3.05, 3.63) is 53.9 Å². The molecule has 2 amide bonds. The smallest absolute Gasteiger partial charge is 0.318 e. The molecule has 28 heavy (non-hydrogen) atoms. The number of methoxy groups -OCH3 is 1. The van der Waals surface area contributed by atoms with Crippen LogP contribution in [0, 0.1) is 11.6 Å². The van der Waals surface area contributed by atoms with E-state index in [1.807, 2.05) is 11.8 Å². The lowest BCUT2D eigenvalue weighted by molar-refractivity contribution is 0.168. The highest BCUT2D eigenvalue weighted by Gasteiger charge is 2.29. The van der Waals surface area contributed by atoms with Crippen molar-refractivity contribution in [3.63, 3.8) is 0 Å². The highest BCUT2D eigenvalue weighted by Crippen LogP contribution is 2.26. The van der Waals surface area contributed by atoms with E-state index in [4.69, 9.17) is 4.74 Å². The van der Waals surface area contributed by atoms with Gasteiger partial charge >= 0.3 is 6.03 Å². The Morgan fingerprint density at radius 3 is 2.79 bits per heavy atom. The van der Waals surface area contributed by atoms with Crippen LogP contribution in [0.25, 0.3) is 0 Å². The van der Waals surface area contributed by atoms with Gasteiger partial charge in [0.1, 0.15) is 0 Å². The van der Waals surface area contributed by atoms with Gasteiger partial charge in [-0.05, 0) is 26.0 Å². The first-order valence-corrected chi connectivity index (χ1v) is 9.16. The lowest BCUT2D eigenvalue weighted by atomic mass is 10.1. The molecule has 1 aliphatic heterocycles. The number of nitrogens with zero attached hydrogens (tertiary/aromatic N) is 3. The fourth-order valence-electron chi connectivity index (χ4n) is 3.47. The molecule has 2 atom stereocenters. The van der Waals surface area contributed by atoms with E-state index in [1.54, 1.807) is 36.2 Å². The molecular weight excluding hydrogens is 366 g/mol. The number of hydrogen-bond donors (Lipinski definition) is 1. The third-order valence-corrected chi connectivity index (χ3v) is 5.00. The number of piperazine rings is 1. The number of carbonyl (C=O) groups is 1. The summed E-state index contributed by atoms with van der Waals surface area (Å²) in [4.78, 5) is 20.1. The quantitative estimate of drug-likeness (QED) is 0.870. The average molecular weight is 390 g/mol. The molecule has 1 saturated heterocycles. The number of pyridine rings is 1. The van der Waals surface area contributed by atoms with Crippen LogP contribution < -0.4 is 15.0 Å². The number of carbonyl (C=O) groups excluding carboxylic acids is 1. The molecule has 8 heteroatoms. The number of anilines is 1. The number of hydrogen-bond acceptors (Lipinski definition) is 4. The van der Waals surface area contributed by atoms with Crippen molar-refractivity contribution in [1.29, 1.82) is 0 Å². The van der Waals surface area contributed by atoms with Gasteiger partial charge in [0.15, 0.2) is 17.4 Å². The van der Waals surface area contributed by atoms with Gasteiger partial charge in [0.05, 0.1) is 25.0 Å². The lowest BCUT2D eigenvalue weighted by Crippen LogP contribution is -2.57. The van der Waals surface area contributed by atoms with Gasteiger partial charge in [-0.1, -0.05) is 12.1 Å². The maximum Gasteiger partial charge on any atom is 0.318 e. The van der Waals surface area contributed by atoms with Crippen LogP contribution in [0.5, 0.6) is 5.75 Å². The van der Waals surface area contributed by atoms with E-state index >= 15 is 0 Å². The summed E-state index contributed by atoms with van der Waals surface area (Å²) in [5.74, 6) is -0.724. The molecule has 1 aromatic heterocycles. The van der Waals surface area contributed by atoms with Crippen LogP contribution in [0.2, 0.25) is 0 Å². The zero-order chi connectivity index (χ0) is 20.3. The number of ether oxygens (including phenoxy) is 1. The summed E-state index contributed by atoms with van der Waals surface area (Å²) in [7, 11) is 1.40. The summed E-state index contributed by atoms with van der Waals surface area (Å²) in [5, 5.41) is 2.84. The predicted molar refractivity (Wildman–Crippen MR) is 102 cm³/mol. The third kappa shape index (κ3) is 4.00. The van der Waals surface area contributed by atoms with Crippen LogP contribution in [0.15, 0.2) is 36.7 Å². The number of rotatable bonds is 4. The van der Waals surface area contributed by atoms with E-state index in [2.05, 4.69) is 10.3 Å². The van der Waals surface area contributed by atoms with E-state index in [9.17, 15) is 13.6 Å². The second-order valence-corrected chi connectivity index (χ2v) is 6.85. The Labute approximate surface area is 163 Å². The number of urea groups is 1. The Morgan fingerprint density at radius 1 is 1.32 bits per heavy atom. The zero-order valence-electron chi connectivity index (χ0n) is 16.2. The predicted octanol–water partition coefficient (Wildman–Crippen LogP) is 3.35. The molecule has 0 bridgehead atoms. The number of aromatic nitrogens is 1. The van der Waals surface area contributed by atoms with Crippen molar-refractivity contribution in [3.8, 4) is 5.75 Å². The van der Waals surface area contributed by atoms with Crippen molar-refractivity contribution < 1.29 is 18.3 Å². The minimum Gasteiger partial charge on any atom is -0.494 e. The molecule has 2 heterocycles. The molecule has 3 rings (SSSR count). The maximum absolute atomic E-state index is 14.4. The van der Waals surface area contributed by atoms with E-state index in [0.717, 1.165) is 0 Å². The molecule has 0 spiro atoms. The molecular formula is C20H24F2N4O2. The van der Waals surface area contributed by atoms with E-state index in [-0.39, 0.29) is 23.6 Å². The fraction of sp³-hybridized carbons (Fsp3) is 0.400. The summed E-state index contributed by atoms with van der Waals surface area (Å²) in [6.07, 6.45) is 2.73. The summed E-state index contributed by atoms with van der Waals surface area (Å²) in [6, 6.07) is 5.53. The molecule has 1 N–H and O–H groups in total. The van der Waals surface area contributed by atoms with E-state index in [0.29, 0.717) is 30.9 Å². The van der Waals surface area contributed by atoms with Gasteiger partial charge in [0.25, 0.3) is 0 Å². The van der Waals surface area contributed by atoms with Crippen LogP contribution in [-0.4, -0.2) is 48.7 Å². The van der Waals surface area contributed by atoms with Crippen LogP contribution in [0.3, 0.4) is 0 Å². The number of amides is 2. The minimum absolute atomic E-state index is 0.135. The Bertz CT molecular complexity index is 849. The van der Waals surface area contributed by atoms with Gasteiger partial charge in [-0.25, -0.2) is 13.6 Å². The average Bonchev–Trinajstić information content (AvgIpc) is 2.68. The zero-order valence-corrected chi connectivity index (χ0v) is 16.2. The highest BCUT2D eigenvalue weighted by atomic mass is 19.1. The number of halogens is 2. The Kier molecular flexibility index (Phi) is 5.96. The monoisotopic (exact) mass is 390 g/mol. The van der Waals surface area contributed by atoms with Gasteiger partial charge < -0.3 is 19.9 Å². The van der Waals surface area contributed by atoms with E-state index < -0.39 is 11.9 Å². The van der Waals surface area contributed by atoms with Gasteiger partial charge in [0, 0.05) is 37.4 Å². The first kappa shape index (κ1) is 19.9. The Hall–Kier alpha value is -2.90. The first-order chi connectivity index (χ1) is 13.4. The third-order valence-electron chi connectivity index (χ3n) is 5.00. The Morgan fingerprint density at radius 2 is 2.11 bits per heavy atom. The molecule has 6 nitrogen and oxygen atoms in total. The van der Waals surface area contributed by atoms with Gasteiger partial charge in [-0.2, -0.15) is 0 Å². The van der Waals surface area contributed by atoms with Gasteiger partial charge in [0.2, 0.25) is 0 Å². The molecule has 1 aliphatic rings. The SMILES string of the molecule is COc1cccc([C@@H](C)NC(=O)N2CCN(c3ccncc3F)C[C@H]2C)c1F. The van der Waals surface area contributed by atoms with Crippen molar-refractivity contribution in [2.45, 2.75) is 25.9 Å². The Balaban J connectivity index is 1.65. The van der Waals surface area contributed by atoms with Crippen LogP contribution in [0.1, 0.15) is 25.5 Å². The van der Waals surface area contributed by atoms with E-state index in [1.165, 1.54) is 19.4 Å². The van der Waals surface area contributed by atoms with Crippen molar-refractivity contribution in [1.82, 2.24) is 15.2 Å².